The van der Waals surface area contributed by atoms with Gasteiger partial charge in [0, 0.05) is 10.6 Å². The summed E-state index contributed by atoms with van der Waals surface area (Å²) >= 11 is 4.77. The second kappa shape index (κ2) is 9.93. The van der Waals surface area contributed by atoms with Gasteiger partial charge in [-0.3, -0.25) is 9.36 Å². The number of fused-ring (bicyclic) bond motifs is 3. The average molecular weight is 518 g/mol. The largest absolute Gasteiger partial charge is 0.330 e. The van der Waals surface area contributed by atoms with Crippen molar-refractivity contribution in [2.75, 3.05) is 5.32 Å². The van der Waals surface area contributed by atoms with E-state index in [2.05, 4.69) is 27.6 Å². The Labute approximate surface area is 215 Å². The fourth-order valence-corrected chi connectivity index (χ4v) is 7.42. The number of hydrogen-bond acceptors (Lipinski definition) is 8. The van der Waals surface area contributed by atoms with Gasteiger partial charge in [0.25, 0.3) is 5.56 Å². The third-order valence-corrected chi connectivity index (χ3v) is 9.23. The normalized spacial score (nSPS) is 13.1. The van der Waals surface area contributed by atoms with Gasteiger partial charge in [-0.2, -0.15) is 0 Å². The molecule has 1 aliphatic rings. The van der Waals surface area contributed by atoms with Gasteiger partial charge >= 0.3 is 0 Å². The lowest BCUT2D eigenvalue weighted by Crippen LogP contribution is -2.24. The van der Waals surface area contributed by atoms with Crippen LogP contribution in [0.2, 0.25) is 0 Å². The van der Waals surface area contributed by atoms with Crippen molar-refractivity contribution in [2.24, 2.45) is 0 Å². The quantitative estimate of drug-likeness (QED) is 0.203. The van der Waals surface area contributed by atoms with Gasteiger partial charge in [0.15, 0.2) is 5.16 Å². The summed E-state index contributed by atoms with van der Waals surface area (Å²) < 4.78 is 1.84. The summed E-state index contributed by atoms with van der Waals surface area (Å²) in [6.45, 7) is 0.506. The monoisotopic (exact) mass is 517 g/mol. The summed E-state index contributed by atoms with van der Waals surface area (Å²) in [6, 6.07) is 20.1. The molecule has 0 bridgehead atoms. The Balaban J connectivity index is 1.31. The van der Waals surface area contributed by atoms with Gasteiger partial charge in [-0.15, -0.1) is 21.5 Å². The first kappa shape index (κ1) is 22.5. The number of nitrogens with one attached hydrogen (secondary N) is 1. The average Bonchev–Trinajstić information content (AvgIpc) is 3.50. The fourth-order valence-electron chi connectivity index (χ4n) is 4.37. The van der Waals surface area contributed by atoms with E-state index in [1.54, 1.807) is 23.1 Å². The van der Waals surface area contributed by atoms with E-state index in [4.69, 9.17) is 4.98 Å². The van der Waals surface area contributed by atoms with Crippen molar-refractivity contribution in [2.45, 2.75) is 43.1 Å². The van der Waals surface area contributed by atoms with E-state index in [9.17, 15) is 4.79 Å². The van der Waals surface area contributed by atoms with Crippen LogP contribution in [0.25, 0.3) is 10.2 Å². The Bertz CT molecular complexity index is 1530. The maximum Gasteiger partial charge on any atom is 0.263 e. The summed E-state index contributed by atoms with van der Waals surface area (Å²) in [4.78, 5) is 21.0. The van der Waals surface area contributed by atoms with Crippen LogP contribution in [0, 0.1) is 0 Å². The predicted molar refractivity (Wildman–Crippen MR) is 145 cm³/mol. The minimum absolute atomic E-state index is 0.0736. The first-order valence-electron chi connectivity index (χ1n) is 11.6. The first-order chi connectivity index (χ1) is 17.2. The topological polar surface area (TPSA) is 72.7 Å². The van der Waals surface area contributed by atoms with E-state index < -0.39 is 0 Å². The third kappa shape index (κ3) is 4.76. The molecular weight excluding hydrogens is 495 g/mol. The van der Waals surface area contributed by atoms with E-state index in [0.29, 0.717) is 12.3 Å². The number of aromatic nitrogens is 4. The van der Waals surface area contributed by atoms with Crippen molar-refractivity contribution >= 4 is 55.5 Å². The Morgan fingerprint density at radius 1 is 0.943 bits per heavy atom. The maximum atomic E-state index is 13.8. The van der Waals surface area contributed by atoms with Gasteiger partial charge in [-0.1, -0.05) is 71.6 Å². The van der Waals surface area contributed by atoms with Crippen molar-refractivity contribution in [3.05, 3.63) is 92.0 Å². The zero-order valence-corrected chi connectivity index (χ0v) is 21.4. The first-order valence-corrected chi connectivity index (χ1v) is 14.2. The molecule has 0 aliphatic heterocycles. The van der Waals surface area contributed by atoms with Crippen LogP contribution in [-0.2, 0) is 25.1 Å². The Kier molecular flexibility index (Phi) is 6.37. The number of thioether (sulfide) groups is 1. The van der Waals surface area contributed by atoms with Gasteiger partial charge < -0.3 is 5.32 Å². The summed E-state index contributed by atoms with van der Waals surface area (Å²) in [5.74, 6) is 0.603. The van der Waals surface area contributed by atoms with Crippen molar-refractivity contribution < 1.29 is 0 Å². The molecule has 3 heterocycles. The minimum atomic E-state index is 0.0736. The van der Waals surface area contributed by atoms with Crippen LogP contribution in [0.5, 0.6) is 0 Å². The molecule has 0 fully saturated rings. The van der Waals surface area contributed by atoms with Crippen LogP contribution < -0.4 is 10.9 Å². The standard InChI is InChI=1S/C26H23N5OS3/c32-24-22-19-13-7-8-14-20(19)34-23(22)28-26(31(24)15-17-9-3-1-4-10-17)33-16-21-29-30-25(35-21)27-18-11-5-2-6-12-18/h1-6,9-12H,7-8,13-16H2,(H,27,30). The van der Waals surface area contributed by atoms with E-state index in [-0.39, 0.29) is 5.56 Å². The van der Waals surface area contributed by atoms with Gasteiger partial charge in [0.05, 0.1) is 17.7 Å². The number of rotatable bonds is 7. The van der Waals surface area contributed by atoms with E-state index in [1.807, 2.05) is 53.1 Å². The SMILES string of the molecule is O=c1c2c3c(sc2nc(SCc2nnc(Nc4ccccc4)s2)n1Cc1ccccc1)CCCC3. The summed E-state index contributed by atoms with van der Waals surface area (Å²) in [7, 11) is 0. The fraction of sp³-hybridized carbons (Fsp3) is 0.231. The number of para-hydroxylation sites is 1. The number of nitrogens with zero attached hydrogens (tertiary/aromatic N) is 4. The van der Waals surface area contributed by atoms with E-state index in [0.717, 1.165) is 56.0 Å². The summed E-state index contributed by atoms with van der Waals surface area (Å²) in [5, 5.41) is 15.1. The smallest absolute Gasteiger partial charge is 0.263 e. The van der Waals surface area contributed by atoms with E-state index in [1.165, 1.54) is 28.2 Å². The number of benzene rings is 2. The zero-order chi connectivity index (χ0) is 23.6. The van der Waals surface area contributed by atoms with Crippen LogP contribution in [0.3, 0.4) is 0 Å². The Hall–Kier alpha value is -3.01. The predicted octanol–water partition coefficient (Wildman–Crippen LogP) is 6.27. The maximum absolute atomic E-state index is 13.8. The molecule has 0 radical (unpaired) electrons. The highest BCUT2D eigenvalue weighted by Gasteiger charge is 2.22. The molecule has 1 aliphatic carbocycles. The molecule has 35 heavy (non-hydrogen) atoms. The molecule has 176 valence electrons. The molecule has 0 spiro atoms. The number of aryl methyl sites for hydroxylation is 2. The van der Waals surface area contributed by atoms with Gasteiger partial charge in [0.2, 0.25) is 5.13 Å². The van der Waals surface area contributed by atoms with Crippen molar-refractivity contribution in [1.82, 2.24) is 19.7 Å². The lowest BCUT2D eigenvalue weighted by molar-refractivity contribution is 0.656. The molecule has 0 amide bonds. The molecule has 0 saturated heterocycles. The third-order valence-electron chi connectivity index (χ3n) is 6.04. The van der Waals surface area contributed by atoms with Crippen LogP contribution >= 0.6 is 34.4 Å². The van der Waals surface area contributed by atoms with Crippen molar-refractivity contribution in [3.63, 3.8) is 0 Å². The molecule has 0 saturated carbocycles. The van der Waals surface area contributed by atoms with Crippen LogP contribution in [0.15, 0.2) is 70.6 Å². The van der Waals surface area contributed by atoms with Gasteiger partial charge in [-0.05, 0) is 48.9 Å². The Morgan fingerprint density at radius 3 is 2.54 bits per heavy atom. The van der Waals surface area contributed by atoms with Gasteiger partial charge in [-0.25, -0.2) is 4.98 Å². The molecule has 5 aromatic rings. The molecule has 6 rings (SSSR count). The van der Waals surface area contributed by atoms with Crippen LogP contribution in [-0.4, -0.2) is 19.7 Å². The molecule has 0 unspecified atom stereocenters. The molecule has 0 atom stereocenters. The second-order valence-electron chi connectivity index (χ2n) is 8.44. The number of anilines is 2. The molecule has 9 heteroatoms. The lowest BCUT2D eigenvalue weighted by Gasteiger charge is -2.13. The molecule has 2 aromatic carbocycles. The summed E-state index contributed by atoms with van der Waals surface area (Å²) in [5.41, 5.74) is 3.37. The highest BCUT2D eigenvalue weighted by Crippen LogP contribution is 2.35. The minimum Gasteiger partial charge on any atom is -0.330 e. The lowest BCUT2D eigenvalue weighted by atomic mass is 9.97. The zero-order valence-electron chi connectivity index (χ0n) is 18.9. The molecule has 3 aromatic heterocycles. The molecular formula is C26H23N5OS3. The van der Waals surface area contributed by atoms with Crippen LogP contribution in [0.4, 0.5) is 10.8 Å². The van der Waals surface area contributed by atoms with Crippen molar-refractivity contribution in [1.29, 1.82) is 0 Å². The molecule has 1 N–H and O–H groups in total. The van der Waals surface area contributed by atoms with Crippen LogP contribution in [0.1, 0.15) is 33.9 Å². The number of thiophene rings is 1. The second-order valence-corrected chi connectivity index (χ2v) is 11.5. The molecule has 6 nitrogen and oxygen atoms in total. The van der Waals surface area contributed by atoms with Crippen molar-refractivity contribution in [3.8, 4) is 0 Å². The van der Waals surface area contributed by atoms with Gasteiger partial charge in [0.1, 0.15) is 9.84 Å². The summed E-state index contributed by atoms with van der Waals surface area (Å²) in [6.07, 6.45) is 4.37. The highest BCUT2D eigenvalue weighted by molar-refractivity contribution is 7.98. The highest BCUT2D eigenvalue weighted by atomic mass is 32.2. The van der Waals surface area contributed by atoms with E-state index >= 15 is 0 Å². The Morgan fingerprint density at radius 2 is 1.71 bits per heavy atom. The number of hydrogen-bond donors (Lipinski definition) is 1.